The average molecular weight is 292 g/mol. The molecule has 0 saturated heterocycles. The predicted octanol–water partition coefficient (Wildman–Crippen LogP) is 4.43. The van der Waals surface area contributed by atoms with Gasteiger partial charge in [-0.3, -0.25) is 0 Å². The zero-order valence-corrected chi connectivity index (χ0v) is 13.9. The molecule has 2 nitrogen and oxygen atoms in total. The summed E-state index contributed by atoms with van der Waals surface area (Å²) in [6.45, 7) is 3.72. The third-order valence-corrected chi connectivity index (χ3v) is 4.19. The van der Waals surface area contributed by atoms with E-state index in [1.807, 2.05) is 0 Å². The van der Waals surface area contributed by atoms with Gasteiger partial charge in [-0.05, 0) is 24.8 Å². The lowest BCUT2D eigenvalue weighted by Crippen LogP contribution is -2.32. The van der Waals surface area contributed by atoms with Gasteiger partial charge in [-0.1, -0.05) is 51.9 Å². The van der Waals surface area contributed by atoms with E-state index in [2.05, 4.69) is 36.0 Å². The smallest absolute Gasteiger partial charge is 0.169 e. The van der Waals surface area contributed by atoms with E-state index < -0.39 is 0 Å². The highest BCUT2D eigenvalue weighted by Gasteiger charge is 2.00. The van der Waals surface area contributed by atoms with E-state index in [9.17, 15) is 0 Å². The first-order chi connectivity index (χ1) is 10.4. The number of aromatic nitrogens is 1. The van der Waals surface area contributed by atoms with Gasteiger partial charge in [0, 0.05) is 25.2 Å². The number of pyridine rings is 1. The Hall–Kier alpha value is -0.890. The van der Waals surface area contributed by atoms with E-state index in [1.54, 1.807) is 0 Å². The fraction of sp³-hybridized carbons (Fsp3) is 0.737. The molecule has 0 aliphatic carbocycles. The SMILES string of the molecule is CCc1cc[n+](CCCCCCCCCCCCO)cc1. The maximum absolute atomic E-state index is 8.70. The van der Waals surface area contributed by atoms with Gasteiger partial charge in [-0.15, -0.1) is 0 Å². The minimum absolute atomic E-state index is 0.360. The first-order valence-electron chi connectivity index (χ1n) is 8.95. The Labute approximate surface area is 131 Å². The second kappa shape index (κ2) is 12.8. The minimum atomic E-state index is 0.360. The Morgan fingerprint density at radius 2 is 1.24 bits per heavy atom. The molecule has 0 amide bonds. The number of unbranched alkanes of at least 4 members (excludes halogenated alkanes) is 9. The molecule has 1 rings (SSSR count). The number of hydrogen-bond donors (Lipinski definition) is 1. The summed E-state index contributed by atoms with van der Waals surface area (Å²) < 4.78 is 2.31. The summed E-state index contributed by atoms with van der Waals surface area (Å²) in [5.74, 6) is 0. The van der Waals surface area contributed by atoms with Crippen molar-refractivity contribution in [2.75, 3.05) is 6.61 Å². The van der Waals surface area contributed by atoms with Gasteiger partial charge in [0.2, 0.25) is 0 Å². The molecule has 0 spiro atoms. The van der Waals surface area contributed by atoms with Gasteiger partial charge in [-0.2, -0.15) is 0 Å². The fourth-order valence-electron chi connectivity index (χ4n) is 2.69. The van der Waals surface area contributed by atoms with Crippen LogP contribution in [0, 0.1) is 0 Å². The van der Waals surface area contributed by atoms with Gasteiger partial charge in [0.15, 0.2) is 12.4 Å². The van der Waals surface area contributed by atoms with Gasteiger partial charge in [0.05, 0.1) is 0 Å². The van der Waals surface area contributed by atoms with E-state index in [4.69, 9.17) is 5.11 Å². The van der Waals surface area contributed by atoms with Crippen LogP contribution in [0.5, 0.6) is 0 Å². The Bertz CT molecular complexity index is 334. The summed E-state index contributed by atoms with van der Waals surface area (Å²) in [4.78, 5) is 0. The van der Waals surface area contributed by atoms with Gasteiger partial charge in [-0.25, -0.2) is 4.57 Å². The lowest BCUT2D eigenvalue weighted by atomic mass is 10.1. The highest BCUT2D eigenvalue weighted by Crippen LogP contribution is 2.10. The van der Waals surface area contributed by atoms with E-state index in [1.165, 1.54) is 63.4 Å². The summed E-state index contributed by atoms with van der Waals surface area (Å²) in [7, 11) is 0. The van der Waals surface area contributed by atoms with Crippen molar-refractivity contribution < 1.29 is 9.67 Å². The maximum atomic E-state index is 8.70. The van der Waals surface area contributed by atoms with Crippen LogP contribution < -0.4 is 4.57 Å². The van der Waals surface area contributed by atoms with Crippen LogP contribution in [-0.2, 0) is 13.0 Å². The second-order valence-corrected chi connectivity index (χ2v) is 6.06. The molecule has 1 heterocycles. The van der Waals surface area contributed by atoms with Crippen molar-refractivity contribution in [1.29, 1.82) is 0 Å². The van der Waals surface area contributed by atoms with Crippen LogP contribution in [-0.4, -0.2) is 11.7 Å². The molecule has 0 saturated carbocycles. The van der Waals surface area contributed by atoms with Crippen molar-refractivity contribution in [3.63, 3.8) is 0 Å². The van der Waals surface area contributed by atoms with Gasteiger partial charge < -0.3 is 5.11 Å². The van der Waals surface area contributed by atoms with Crippen molar-refractivity contribution in [3.8, 4) is 0 Å². The third kappa shape index (κ3) is 9.62. The molecular weight excluding hydrogens is 258 g/mol. The summed E-state index contributed by atoms with van der Waals surface area (Å²) in [6.07, 6.45) is 18.6. The third-order valence-electron chi connectivity index (χ3n) is 4.19. The lowest BCUT2D eigenvalue weighted by molar-refractivity contribution is -0.697. The Kier molecular flexibility index (Phi) is 11.1. The van der Waals surface area contributed by atoms with Crippen molar-refractivity contribution in [1.82, 2.24) is 0 Å². The molecule has 1 aromatic heterocycles. The van der Waals surface area contributed by atoms with Crippen LogP contribution >= 0.6 is 0 Å². The molecule has 0 radical (unpaired) electrons. The molecule has 0 fully saturated rings. The van der Waals surface area contributed by atoms with Crippen molar-refractivity contribution in [2.24, 2.45) is 0 Å². The zero-order valence-electron chi connectivity index (χ0n) is 13.9. The van der Waals surface area contributed by atoms with Gasteiger partial charge in [0.1, 0.15) is 6.54 Å². The molecule has 120 valence electrons. The summed E-state index contributed by atoms with van der Waals surface area (Å²) in [6, 6.07) is 4.47. The number of hydrogen-bond acceptors (Lipinski definition) is 1. The topological polar surface area (TPSA) is 24.1 Å². The number of aliphatic hydroxyl groups is 1. The molecule has 0 atom stereocenters. The highest BCUT2D eigenvalue weighted by molar-refractivity contribution is 5.06. The second-order valence-electron chi connectivity index (χ2n) is 6.06. The molecule has 21 heavy (non-hydrogen) atoms. The monoisotopic (exact) mass is 292 g/mol. The average Bonchev–Trinajstić information content (AvgIpc) is 2.53. The van der Waals surface area contributed by atoms with Crippen LogP contribution in [0.1, 0.15) is 76.7 Å². The van der Waals surface area contributed by atoms with Gasteiger partial charge >= 0.3 is 0 Å². The Balaban J connectivity index is 1.88. The van der Waals surface area contributed by atoms with Crippen LogP contribution in [0.2, 0.25) is 0 Å². The molecule has 0 aromatic carbocycles. The van der Waals surface area contributed by atoms with Crippen LogP contribution in [0.25, 0.3) is 0 Å². The molecule has 0 unspecified atom stereocenters. The summed E-state index contributed by atoms with van der Waals surface area (Å²) >= 11 is 0. The van der Waals surface area contributed by atoms with Crippen molar-refractivity contribution in [2.45, 2.75) is 84.1 Å². The zero-order chi connectivity index (χ0) is 15.2. The summed E-state index contributed by atoms with van der Waals surface area (Å²) in [5.41, 5.74) is 1.42. The normalized spacial score (nSPS) is 11.0. The van der Waals surface area contributed by atoms with Crippen LogP contribution in [0.4, 0.5) is 0 Å². The van der Waals surface area contributed by atoms with Crippen molar-refractivity contribution >= 4 is 0 Å². The van der Waals surface area contributed by atoms with Crippen LogP contribution in [0.15, 0.2) is 24.5 Å². The largest absolute Gasteiger partial charge is 0.396 e. The number of aryl methyl sites for hydroxylation is 2. The first-order valence-corrected chi connectivity index (χ1v) is 8.95. The molecule has 0 aliphatic heterocycles. The molecule has 1 N–H and O–H groups in total. The Morgan fingerprint density at radius 3 is 1.71 bits per heavy atom. The number of rotatable bonds is 13. The van der Waals surface area contributed by atoms with Gasteiger partial charge in [0.25, 0.3) is 0 Å². The maximum Gasteiger partial charge on any atom is 0.169 e. The molecule has 2 heteroatoms. The first kappa shape index (κ1) is 18.2. The number of nitrogens with zero attached hydrogens (tertiary/aromatic N) is 1. The minimum Gasteiger partial charge on any atom is -0.396 e. The highest BCUT2D eigenvalue weighted by atomic mass is 16.2. The van der Waals surface area contributed by atoms with E-state index in [-0.39, 0.29) is 0 Å². The molecule has 0 bridgehead atoms. The molecule has 0 aliphatic rings. The molecular formula is C19H34NO+. The standard InChI is InChI=1S/C19H34NO/c1-2-19-13-16-20(17-14-19)15-11-9-7-5-3-4-6-8-10-12-18-21/h13-14,16-17,21H,2-12,15,18H2,1H3/q+1. The quantitative estimate of drug-likeness (QED) is 0.422. The summed E-state index contributed by atoms with van der Waals surface area (Å²) in [5, 5.41) is 8.70. The number of aliphatic hydroxyl groups excluding tert-OH is 1. The lowest BCUT2D eigenvalue weighted by Gasteiger charge is -2.02. The molecule has 1 aromatic rings. The predicted molar refractivity (Wildman–Crippen MR) is 89.3 cm³/mol. The van der Waals surface area contributed by atoms with E-state index >= 15 is 0 Å². The van der Waals surface area contributed by atoms with E-state index in [0.29, 0.717) is 6.61 Å². The fourth-order valence-corrected chi connectivity index (χ4v) is 2.69. The van der Waals surface area contributed by atoms with E-state index in [0.717, 1.165) is 19.4 Å². The van der Waals surface area contributed by atoms with Crippen molar-refractivity contribution in [3.05, 3.63) is 30.1 Å². The van der Waals surface area contributed by atoms with Crippen LogP contribution in [0.3, 0.4) is 0 Å². The Morgan fingerprint density at radius 1 is 0.762 bits per heavy atom.